The third-order valence-corrected chi connectivity index (χ3v) is 6.35. The zero-order valence-corrected chi connectivity index (χ0v) is 15.2. The van der Waals surface area contributed by atoms with Gasteiger partial charge in [0.05, 0.1) is 4.92 Å². The molecule has 2 unspecified atom stereocenters. The Hall–Kier alpha value is -1.22. The summed E-state index contributed by atoms with van der Waals surface area (Å²) in [4.78, 5) is 10.4. The SMILES string of the molecule is Cc1cc([N+](=O)[O-])c(S(=O)(=O)N2CCNC(C)C2C)cc1C.Cl. The van der Waals surface area contributed by atoms with Crippen molar-refractivity contribution in [3.8, 4) is 0 Å². The number of sulfonamides is 1. The van der Waals surface area contributed by atoms with Gasteiger partial charge in [0.2, 0.25) is 10.0 Å². The van der Waals surface area contributed by atoms with Gasteiger partial charge in [0.15, 0.2) is 4.90 Å². The maximum Gasteiger partial charge on any atom is 0.289 e. The van der Waals surface area contributed by atoms with E-state index in [2.05, 4.69) is 5.32 Å². The average molecular weight is 364 g/mol. The molecular formula is C14H22ClN3O4S. The fourth-order valence-electron chi connectivity index (χ4n) is 2.62. The summed E-state index contributed by atoms with van der Waals surface area (Å²) < 4.78 is 27.2. The lowest BCUT2D eigenvalue weighted by Gasteiger charge is -2.37. The number of nitro benzene ring substituents is 1. The third-order valence-electron chi connectivity index (χ3n) is 4.33. The van der Waals surface area contributed by atoms with Crippen LogP contribution in [-0.2, 0) is 10.0 Å². The quantitative estimate of drug-likeness (QED) is 0.655. The molecule has 1 aliphatic rings. The molecule has 7 nitrogen and oxygen atoms in total. The number of halogens is 1. The van der Waals surface area contributed by atoms with Crippen molar-refractivity contribution in [1.29, 1.82) is 0 Å². The van der Waals surface area contributed by atoms with E-state index >= 15 is 0 Å². The highest BCUT2D eigenvalue weighted by atomic mass is 35.5. The predicted molar refractivity (Wildman–Crippen MR) is 90.6 cm³/mol. The van der Waals surface area contributed by atoms with Gasteiger partial charge in [0.1, 0.15) is 0 Å². The molecule has 0 bridgehead atoms. The molecule has 1 aliphatic heterocycles. The Balaban J connectivity index is 0.00000264. The van der Waals surface area contributed by atoms with E-state index in [-0.39, 0.29) is 35.1 Å². The van der Waals surface area contributed by atoms with Crippen molar-refractivity contribution in [2.75, 3.05) is 13.1 Å². The molecule has 2 rings (SSSR count). The van der Waals surface area contributed by atoms with Crippen molar-refractivity contribution in [3.05, 3.63) is 33.4 Å². The highest BCUT2D eigenvalue weighted by Gasteiger charge is 2.38. The number of benzene rings is 1. The van der Waals surface area contributed by atoms with E-state index in [1.165, 1.54) is 16.4 Å². The first-order valence-electron chi connectivity index (χ1n) is 7.17. The molecule has 1 fully saturated rings. The topological polar surface area (TPSA) is 92.5 Å². The van der Waals surface area contributed by atoms with Crippen LogP contribution in [0.5, 0.6) is 0 Å². The van der Waals surface area contributed by atoms with Crippen LogP contribution < -0.4 is 5.32 Å². The van der Waals surface area contributed by atoms with Crippen molar-refractivity contribution in [2.24, 2.45) is 0 Å². The van der Waals surface area contributed by atoms with Crippen LogP contribution in [0.2, 0.25) is 0 Å². The zero-order chi connectivity index (χ0) is 16.7. The van der Waals surface area contributed by atoms with Gasteiger partial charge in [-0.1, -0.05) is 0 Å². The summed E-state index contributed by atoms with van der Waals surface area (Å²) in [6.07, 6.45) is 0. The first kappa shape index (κ1) is 19.8. The highest BCUT2D eigenvalue weighted by molar-refractivity contribution is 7.89. The van der Waals surface area contributed by atoms with E-state index in [9.17, 15) is 18.5 Å². The molecule has 0 radical (unpaired) electrons. The molecule has 1 aromatic carbocycles. The summed E-state index contributed by atoms with van der Waals surface area (Å²) in [6.45, 7) is 8.03. The molecule has 0 amide bonds. The summed E-state index contributed by atoms with van der Waals surface area (Å²) in [6, 6.07) is 2.47. The lowest BCUT2D eigenvalue weighted by atomic mass is 10.1. The lowest BCUT2D eigenvalue weighted by molar-refractivity contribution is -0.387. The number of nitro groups is 1. The van der Waals surface area contributed by atoms with Gasteiger partial charge in [-0.15, -0.1) is 12.4 Å². The third kappa shape index (κ3) is 3.65. The van der Waals surface area contributed by atoms with Gasteiger partial charge in [-0.25, -0.2) is 8.42 Å². The first-order chi connectivity index (χ1) is 10.2. The van der Waals surface area contributed by atoms with Crippen LogP contribution >= 0.6 is 12.4 Å². The Bertz CT molecular complexity index is 708. The Morgan fingerprint density at radius 2 is 1.83 bits per heavy atom. The molecule has 0 aliphatic carbocycles. The molecule has 0 saturated carbocycles. The van der Waals surface area contributed by atoms with Crippen LogP contribution in [0.3, 0.4) is 0 Å². The normalized spacial score (nSPS) is 22.4. The molecule has 2 atom stereocenters. The van der Waals surface area contributed by atoms with Gasteiger partial charge in [-0.3, -0.25) is 10.1 Å². The number of nitrogens with one attached hydrogen (secondary N) is 1. The number of hydrogen-bond acceptors (Lipinski definition) is 5. The summed E-state index contributed by atoms with van der Waals surface area (Å²) in [7, 11) is -3.91. The fourth-order valence-corrected chi connectivity index (χ4v) is 4.54. The molecule has 23 heavy (non-hydrogen) atoms. The van der Waals surface area contributed by atoms with Gasteiger partial charge in [0.25, 0.3) is 5.69 Å². The van der Waals surface area contributed by atoms with Crippen molar-refractivity contribution in [3.63, 3.8) is 0 Å². The van der Waals surface area contributed by atoms with E-state index in [4.69, 9.17) is 0 Å². The second-order valence-electron chi connectivity index (χ2n) is 5.76. The van der Waals surface area contributed by atoms with Crippen LogP contribution in [0, 0.1) is 24.0 Å². The minimum absolute atomic E-state index is 0. The molecular weight excluding hydrogens is 342 g/mol. The second kappa shape index (κ2) is 7.12. The largest absolute Gasteiger partial charge is 0.311 e. The monoisotopic (exact) mass is 363 g/mol. The molecule has 1 saturated heterocycles. The zero-order valence-electron chi connectivity index (χ0n) is 13.6. The van der Waals surface area contributed by atoms with Crippen LogP contribution in [0.25, 0.3) is 0 Å². The van der Waals surface area contributed by atoms with Gasteiger partial charge in [-0.05, 0) is 44.9 Å². The number of piperazine rings is 1. The number of nitrogens with zero attached hydrogens (tertiary/aromatic N) is 2. The van der Waals surface area contributed by atoms with Gasteiger partial charge in [0, 0.05) is 31.2 Å². The van der Waals surface area contributed by atoms with Crippen molar-refractivity contribution in [1.82, 2.24) is 9.62 Å². The van der Waals surface area contributed by atoms with Crippen LogP contribution in [-0.4, -0.2) is 42.8 Å². The molecule has 1 N–H and O–H groups in total. The maximum absolute atomic E-state index is 12.9. The molecule has 0 aromatic heterocycles. The van der Waals surface area contributed by atoms with Crippen molar-refractivity contribution < 1.29 is 13.3 Å². The van der Waals surface area contributed by atoms with Crippen LogP contribution in [0.1, 0.15) is 25.0 Å². The minimum atomic E-state index is -3.91. The summed E-state index contributed by atoms with van der Waals surface area (Å²) in [5.74, 6) is 0. The summed E-state index contributed by atoms with van der Waals surface area (Å²) in [5.41, 5.74) is 1.06. The lowest BCUT2D eigenvalue weighted by Crippen LogP contribution is -2.57. The standard InChI is InChI=1S/C14H21N3O4S.ClH/c1-9-7-13(17(18)19)14(8-10(9)2)22(20,21)16-6-5-15-11(3)12(16)4;/h7-8,11-12,15H,5-6H2,1-4H3;1H. The fraction of sp³-hybridized carbons (Fsp3) is 0.571. The molecule has 130 valence electrons. The van der Waals surface area contributed by atoms with Crippen molar-refractivity contribution in [2.45, 2.75) is 44.7 Å². The number of rotatable bonds is 3. The molecule has 1 heterocycles. The number of aryl methyl sites for hydroxylation is 2. The van der Waals surface area contributed by atoms with E-state index < -0.39 is 14.9 Å². The van der Waals surface area contributed by atoms with Crippen LogP contribution in [0.15, 0.2) is 17.0 Å². The summed E-state index contributed by atoms with van der Waals surface area (Å²) in [5, 5.41) is 14.5. The molecule has 0 spiro atoms. The van der Waals surface area contributed by atoms with Gasteiger partial charge < -0.3 is 5.32 Å². The Morgan fingerprint density at radius 1 is 1.26 bits per heavy atom. The van der Waals surface area contributed by atoms with E-state index in [0.29, 0.717) is 18.7 Å². The van der Waals surface area contributed by atoms with E-state index in [1.807, 2.05) is 6.92 Å². The second-order valence-corrected chi connectivity index (χ2v) is 7.62. The Morgan fingerprint density at radius 3 is 2.39 bits per heavy atom. The van der Waals surface area contributed by atoms with Gasteiger partial charge >= 0.3 is 0 Å². The predicted octanol–water partition coefficient (Wildman–Crippen LogP) is 2.00. The van der Waals surface area contributed by atoms with E-state index in [1.54, 1.807) is 20.8 Å². The maximum atomic E-state index is 12.9. The summed E-state index contributed by atoms with van der Waals surface area (Å²) >= 11 is 0. The Kier molecular flexibility index (Phi) is 6.14. The molecule has 1 aromatic rings. The minimum Gasteiger partial charge on any atom is -0.311 e. The highest BCUT2D eigenvalue weighted by Crippen LogP contribution is 2.31. The Labute approximate surface area is 142 Å². The van der Waals surface area contributed by atoms with Gasteiger partial charge in [-0.2, -0.15) is 4.31 Å². The van der Waals surface area contributed by atoms with E-state index in [0.717, 1.165) is 5.56 Å². The first-order valence-corrected chi connectivity index (χ1v) is 8.61. The molecule has 9 heteroatoms. The average Bonchev–Trinajstić information content (AvgIpc) is 2.43. The number of hydrogen-bond donors (Lipinski definition) is 1. The smallest absolute Gasteiger partial charge is 0.289 e. The van der Waals surface area contributed by atoms with Crippen molar-refractivity contribution >= 4 is 28.1 Å². The van der Waals surface area contributed by atoms with Crippen LogP contribution in [0.4, 0.5) is 5.69 Å².